The lowest BCUT2D eigenvalue weighted by Gasteiger charge is -2.27. The summed E-state index contributed by atoms with van der Waals surface area (Å²) in [4.78, 5) is 0. The van der Waals surface area contributed by atoms with E-state index in [4.69, 9.17) is 11.0 Å². The highest BCUT2D eigenvalue weighted by Gasteiger charge is 2.20. The fraction of sp³-hybridized carbons (Fsp3) is 0.500. The minimum absolute atomic E-state index is 0.198. The normalized spacial score (nSPS) is 11.0. The molecule has 1 aromatic rings. The van der Waals surface area contributed by atoms with Crippen molar-refractivity contribution in [2.75, 3.05) is 11.9 Å². The van der Waals surface area contributed by atoms with E-state index in [1.165, 1.54) is 0 Å². The summed E-state index contributed by atoms with van der Waals surface area (Å²) in [6, 6.07) is 7.97. The number of nitrogens with two attached hydrogens (primary N) is 1. The van der Waals surface area contributed by atoms with E-state index >= 15 is 0 Å². The Labute approximate surface area is 104 Å². The van der Waals surface area contributed by atoms with Crippen LogP contribution in [0.4, 0.5) is 5.69 Å². The van der Waals surface area contributed by atoms with Gasteiger partial charge in [0.2, 0.25) is 0 Å². The lowest BCUT2D eigenvalue weighted by molar-refractivity contribution is 0.418. The second-order valence-electron chi connectivity index (χ2n) is 4.58. The molecule has 0 spiro atoms. The predicted octanol–water partition coefficient (Wildman–Crippen LogP) is 2.80. The highest BCUT2D eigenvalue weighted by atomic mass is 14.9. The summed E-state index contributed by atoms with van der Waals surface area (Å²) in [6.07, 6.45) is 1.84. The number of nitrogens with zero attached hydrogens (tertiary/aromatic N) is 1. The first-order valence-electron chi connectivity index (χ1n) is 6.08. The van der Waals surface area contributed by atoms with Gasteiger partial charge in [-0.05, 0) is 37.5 Å². The van der Waals surface area contributed by atoms with Gasteiger partial charge in [-0.2, -0.15) is 5.26 Å². The third kappa shape index (κ3) is 3.47. The number of anilines is 1. The van der Waals surface area contributed by atoms with Crippen molar-refractivity contribution in [3.63, 3.8) is 0 Å². The minimum Gasteiger partial charge on any atom is -0.382 e. The van der Waals surface area contributed by atoms with Gasteiger partial charge in [-0.3, -0.25) is 0 Å². The molecule has 0 saturated heterocycles. The summed E-state index contributed by atoms with van der Waals surface area (Å²) in [5.74, 6) is 0. The first-order chi connectivity index (χ1) is 8.04. The van der Waals surface area contributed by atoms with Gasteiger partial charge in [0.1, 0.15) is 6.07 Å². The molecule has 3 heteroatoms. The number of nitrogens with one attached hydrogen (secondary N) is 1. The lowest BCUT2D eigenvalue weighted by Crippen LogP contribution is -2.45. The van der Waals surface area contributed by atoms with Crippen LogP contribution in [0.25, 0.3) is 0 Å². The van der Waals surface area contributed by atoms with Gasteiger partial charge >= 0.3 is 0 Å². The molecule has 0 bridgehead atoms. The van der Waals surface area contributed by atoms with E-state index in [1.54, 1.807) is 0 Å². The van der Waals surface area contributed by atoms with E-state index in [0.717, 1.165) is 24.1 Å². The standard InChI is InChI=1S/C14H21N3/c1-4-14(16,5-2)10-17-13-8-11(3)6-7-12(13)9-15/h6-8,17H,4-5,10,16H2,1-3H3. The summed E-state index contributed by atoms with van der Waals surface area (Å²) in [5.41, 5.74) is 8.72. The van der Waals surface area contributed by atoms with E-state index in [0.29, 0.717) is 12.1 Å². The van der Waals surface area contributed by atoms with Crippen LogP contribution in [0.1, 0.15) is 37.8 Å². The average molecular weight is 231 g/mol. The molecule has 0 amide bonds. The number of hydrogen-bond acceptors (Lipinski definition) is 3. The quantitative estimate of drug-likeness (QED) is 0.819. The molecule has 0 atom stereocenters. The highest BCUT2D eigenvalue weighted by molar-refractivity contribution is 5.59. The van der Waals surface area contributed by atoms with Crippen LogP contribution < -0.4 is 11.1 Å². The van der Waals surface area contributed by atoms with Crippen molar-refractivity contribution < 1.29 is 0 Å². The van der Waals surface area contributed by atoms with Gasteiger partial charge in [0.15, 0.2) is 0 Å². The largest absolute Gasteiger partial charge is 0.382 e. The van der Waals surface area contributed by atoms with Crippen molar-refractivity contribution in [2.24, 2.45) is 5.73 Å². The second-order valence-corrected chi connectivity index (χ2v) is 4.58. The molecule has 3 nitrogen and oxygen atoms in total. The summed E-state index contributed by atoms with van der Waals surface area (Å²) in [7, 11) is 0. The second kappa shape index (κ2) is 5.70. The molecule has 0 radical (unpaired) electrons. The number of benzene rings is 1. The Morgan fingerprint density at radius 2 is 2.00 bits per heavy atom. The Bertz CT molecular complexity index is 414. The van der Waals surface area contributed by atoms with E-state index in [9.17, 15) is 0 Å². The number of aryl methyl sites for hydroxylation is 1. The molecule has 0 aliphatic rings. The smallest absolute Gasteiger partial charge is 0.101 e. The lowest BCUT2D eigenvalue weighted by atomic mass is 9.94. The van der Waals surface area contributed by atoms with Crippen LogP contribution in [-0.4, -0.2) is 12.1 Å². The van der Waals surface area contributed by atoms with Crippen molar-refractivity contribution in [1.29, 1.82) is 5.26 Å². The maximum Gasteiger partial charge on any atom is 0.101 e. The maximum atomic E-state index is 9.03. The van der Waals surface area contributed by atoms with E-state index in [1.807, 2.05) is 25.1 Å². The fourth-order valence-electron chi connectivity index (χ4n) is 1.67. The Morgan fingerprint density at radius 1 is 1.35 bits per heavy atom. The molecule has 0 saturated carbocycles. The van der Waals surface area contributed by atoms with E-state index in [-0.39, 0.29) is 5.54 Å². The van der Waals surface area contributed by atoms with Gasteiger partial charge < -0.3 is 11.1 Å². The molecule has 17 heavy (non-hydrogen) atoms. The van der Waals surface area contributed by atoms with Crippen LogP contribution in [0.15, 0.2) is 18.2 Å². The SMILES string of the molecule is CCC(N)(CC)CNc1cc(C)ccc1C#N. The van der Waals surface area contributed by atoms with Crippen molar-refractivity contribution in [3.05, 3.63) is 29.3 Å². The monoisotopic (exact) mass is 231 g/mol. The molecular formula is C14H21N3. The van der Waals surface area contributed by atoms with E-state index in [2.05, 4.69) is 25.2 Å². The van der Waals surface area contributed by atoms with Gasteiger partial charge in [-0.1, -0.05) is 19.9 Å². The summed E-state index contributed by atoms with van der Waals surface area (Å²) in [5, 5.41) is 12.3. The minimum atomic E-state index is -0.198. The molecule has 0 unspecified atom stereocenters. The Hall–Kier alpha value is -1.53. The number of hydrogen-bond donors (Lipinski definition) is 2. The van der Waals surface area contributed by atoms with Gasteiger partial charge in [-0.25, -0.2) is 0 Å². The van der Waals surface area contributed by atoms with Crippen LogP contribution in [0, 0.1) is 18.3 Å². The molecule has 1 aromatic carbocycles. The number of rotatable bonds is 5. The first-order valence-corrected chi connectivity index (χ1v) is 6.08. The topological polar surface area (TPSA) is 61.8 Å². The summed E-state index contributed by atoms with van der Waals surface area (Å²) < 4.78 is 0. The molecule has 0 aliphatic carbocycles. The van der Waals surface area contributed by atoms with Crippen molar-refractivity contribution in [2.45, 2.75) is 39.2 Å². The number of nitriles is 1. The zero-order valence-corrected chi connectivity index (χ0v) is 10.9. The predicted molar refractivity (Wildman–Crippen MR) is 71.9 cm³/mol. The highest BCUT2D eigenvalue weighted by Crippen LogP contribution is 2.19. The molecular weight excluding hydrogens is 210 g/mol. The van der Waals surface area contributed by atoms with Crippen LogP contribution in [0.2, 0.25) is 0 Å². The van der Waals surface area contributed by atoms with Crippen LogP contribution >= 0.6 is 0 Å². The maximum absolute atomic E-state index is 9.03. The molecule has 0 fully saturated rings. The fourth-order valence-corrected chi connectivity index (χ4v) is 1.67. The molecule has 0 heterocycles. The van der Waals surface area contributed by atoms with Gasteiger partial charge in [-0.15, -0.1) is 0 Å². The first kappa shape index (κ1) is 13.5. The van der Waals surface area contributed by atoms with E-state index < -0.39 is 0 Å². The van der Waals surface area contributed by atoms with Gasteiger partial charge in [0.05, 0.1) is 11.3 Å². The molecule has 3 N–H and O–H groups in total. The molecule has 0 aliphatic heterocycles. The molecule has 92 valence electrons. The Balaban J connectivity index is 2.82. The zero-order valence-electron chi connectivity index (χ0n) is 10.9. The molecule has 0 aromatic heterocycles. The third-order valence-electron chi connectivity index (χ3n) is 3.33. The summed E-state index contributed by atoms with van der Waals surface area (Å²) >= 11 is 0. The van der Waals surface area contributed by atoms with Gasteiger partial charge in [0, 0.05) is 12.1 Å². The van der Waals surface area contributed by atoms with Crippen molar-refractivity contribution in [1.82, 2.24) is 0 Å². The van der Waals surface area contributed by atoms with Crippen molar-refractivity contribution >= 4 is 5.69 Å². The van der Waals surface area contributed by atoms with Gasteiger partial charge in [0.25, 0.3) is 0 Å². The molecule has 1 rings (SSSR count). The Morgan fingerprint density at radius 3 is 2.53 bits per heavy atom. The van der Waals surface area contributed by atoms with Crippen LogP contribution in [-0.2, 0) is 0 Å². The van der Waals surface area contributed by atoms with Crippen LogP contribution in [0.3, 0.4) is 0 Å². The zero-order chi connectivity index (χ0) is 12.9. The third-order valence-corrected chi connectivity index (χ3v) is 3.33. The Kier molecular flexibility index (Phi) is 4.53. The summed E-state index contributed by atoms with van der Waals surface area (Å²) in [6.45, 7) is 6.89. The van der Waals surface area contributed by atoms with Crippen molar-refractivity contribution in [3.8, 4) is 6.07 Å². The average Bonchev–Trinajstić information content (AvgIpc) is 2.36. The van der Waals surface area contributed by atoms with Crippen LogP contribution in [0.5, 0.6) is 0 Å².